The van der Waals surface area contributed by atoms with Crippen molar-refractivity contribution in [2.45, 2.75) is 38.1 Å². The van der Waals surface area contributed by atoms with Crippen LogP contribution in [0.4, 0.5) is 4.39 Å². The Balaban J connectivity index is 1.55. The smallest absolute Gasteiger partial charge is 0.123 e. The average molecular weight is 303 g/mol. The second-order valence-corrected chi connectivity index (χ2v) is 6.83. The number of benzene rings is 1. The van der Waals surface area contributed by atoms with E-state index >= 15 is 0 Å². The van der Waals surface area contributed by atoms with Gasteiger partial charge in [-0.3, -0.25) is 0 Å². The predicted octanol–water partition coefficient (Wildman–Crippen LogP) is 4.43. The van der Waals surface area contributed by atoms with Gasteiger partial charge in [0.15, 0.2) is 0 Å². The molecule has 1 aromatic carbocycles. The number of halogens is 1. The lowest BCUT2D eigenvalue weighted by Gasteiger charge is -2.17. The first-order valence-corrected chi connectivity index (χ1v) is 8.73. The van der Waals surface area contributed by atoms with Crippen LogP contribution in [-0.4, -0.2) is 12.6 Å². The zero-order valence-electron chi connectivity index (χ0n) is 12.2. The SMILES string of the molecule is Fc1ccc(CC(CCc2ccsc2)CNC2CC2)cc1. The minimum Gasteiger partial charge on any atom is -0.314 e. The molecule has 21 heavy (non-hydrogen) atoms. The molecular formula is C18H22FNS. The Labute approximate surface area is 130 Å². The number of hydrogen-bond acceptors (Lipinski definition) is 2. The van der Waals surface area contributed by atoms with Gasteiger partial charge in [0, 0.05) is 6.04 Å². The van der Waals surface area contributed by atoms with Crippen LogP contribution in [0.1, 0.15) is 30.4 Å². The van der Waals surface area contributed by atoms with Crippen molar-refractivity contribution in [1.29, 1.82) is 0 Å². The highest BCUT2D eigenvalue weighted by molar-refractivity contribution is 7.07. The van der Waals surface area contributed by atoms with Crippen LogP contribution in [-0.2, 0) is 12.8 Å². The van der Waals surface area contributed by atoms with Crippen LogP contribution in [0.5, 0.6) is 0 Å². The van der Waals surface area contributed by atoms with Crippen LogP contribution in [0.25, 0.3) is 0 Å². The van der Waals surface area contributed by atoms with Crippen molar-refractivity contribution in [1.82, 2.24) is 5.32 Å². The number of aryl methyl sites for hydroxylation is 1. The zero-order valence-corrected chi connectivity index (χ0v) is 13.0. The van der Waals surface area contributed by atoms with Crippen molar-refractivity contribution >= 4 is 11.3 Å². The van der Waals surface area contributed by atoms with Crippen molar-refractivity contribution in [3.63, 3.8) is 0 Å². The van der Waals surface area contributed by atoms with Gasteiger partial charge in [-0.05, 0) is 84.7 Å². The summed E-state index contributed by atoms with van der Waals surface area (Å²) in [6, 6.07) is 9.95. The molecule has 0 aliphatic heterocycles. The maximum absolute atomic E-state index is 13.0. The Morgan fingerprint density at radius 2 is 1.95 bits per heavy atom. The van der Waals surface area contributed by atoms with E-state index in [9.17, 15) is 4.39 Å². The minimum absolute atomic E-state index is 0.148. The lowest BCUT2D eigenvalue weighted by molar-refractivity contribution is 0.442. The van der Waals surface area contributed by atoms with Gasteiger partial charge >= 0.3 is 0 Å². The largest absolute Gasteiger partial charge is 0.314 e. The second kappa shape index (κ2) is 7.19. The van der Waals surface area contributed by atoms with Gasteiger partial charge in [0.05, 0.1) is 0 Å². The van der Waals surface area contributed by atoms with E-state index < -0.39 is 0 Å². The molecule has 1 aliphatic rings. The van der Waals surface area contributed by atoms with E-state index in [-0.39, 0.29) is 5.82 Å². The molecule has 0 bridgehead atoms. The quantitative estimate of drug-likeness (QED) is 0.760. The van der Waals surface area contributed by atoms with Gasteiger partial charge in [0.1, 0.15) is 5.82 Å². The number of rotatable bonds is 8. The van der Waals surface area contributed by atoms with Crippen LogP contribution in [0, 0.1) is 11.7 Å². The molecule has 0 radical (unpaired) electrons. The third-order valence-electron chi connectivity index (χ3n) is 4.13. The minimum atomic E-state index is -0.148. The summed E-state index contributed by atoms with van der Waals surface area (Å²) in [4.78, 5) is 0. The van der Waals surface area contributed by atoms with Gasteiger partial charge < -0.3 is 5.32 Å². The molecular weight excluding hydrogens is 281 g/mol. The molecule has 1 unspecified atom stereocenters. The number of thiophene rings is 1. The number of nitrogens with one attached hydrogen (secondary N) is 1. The van der Waals surface area contributed by atoms with Crippen LogP contribution in [0.2, 0.25) is 0 Å². The van der Waals surface area contributed by atoms with Gasteiger partial charge in [-0.2, -0.15) is 11.3 Å². The van der Waals surface area contributed by atoms with Crippen molar-refractivity contribution in [2.24, 2.45) is 5.92 Å². The molecule has 1 N–H and O–H groups in total. The van der Waals surface area contributed by atoms with Crippen molar-refractivity contribution in [3.8, 4) is 0 Å². The third-order valence-corrected chi connectivity index (χ3v) is 4.86. The fourth-order valence-corrected chi connectivity index (χ4v) is 3.36. The Morgan fingerprint density at radius 1 is 1.14 bits per heavy atom. The van der Waals surface area contributed by atoms with Gasteiger partial charge in [-0.1, -0.05) is 12.1 Å². The average Bonchev–Trinajstić information content (AvgIpc) is 3.18. The first-order valence-electron chi connectivity index (χ1n) is 7.78. The molecule has 1 aliphatic carbocycles. The normalized spacial score (nSPS) is 16.0. The second-order valence-electron chi connectivity index (χ2n) is 6.05. The van der Waals surface area contributed by atoms with E-state index in [2.05, 4.69) is 22.1 Å². The summed E-state index contributed by atoms with van der Waals surface area (Å²) >= 11 is 1.77. The first-order chi connectivity index (χ1) is 10.3. The van der Waals surface area contributed by atoms with E-state index in [0.717, 1.165) is 25.4 Å². The Kier molecular flexibility index (Phi) is 5.04. The summed E-state index contributed by atoms with van der Waals surface area (Å²) in [5, 5.41) is 8.03. The van der Waals surface area contributed by atoms with Gasteiger partial charge in [0.2, 0.25) is 0 Å². The molecule has 1 aromatic heterocycles. The summed E-state index contributed by atoms with van der Waals surface area (Å²) in [5.41, 5.74) is 2.68. The summed E-state index contributed by atoms with van der Waals surface area (Å²) < 4.78 is 13.0. The molecule has 2 aromatic rings. The lowest BCUT2D eigenvalue weighted by Crippen LogP contribution is -2.26. The van der Waals surface area contributed by atoms with E-state index in [1.807, 2.05) is 12.1 Å². The molecule has 1 saturated carbocycles. The molecule has 0 amide bonds. The van der Waals surface area contributed by atoms with Crippen LogP contribution in [0.15, 0.2) is 41.1 Å². The predicted molar refractivity (Wildman–Crippen MR) is 87.3 cm³/mol. The fourth-order valence-electron chi connectivity index (χ4n) is 2.66. The topological polar surface area (TPSA) is 12.0 Å². The highest BCUT2D eigenvalue weighted by atomic mass is 32.1. The first kappa shape index (κ1) is 14.7. The van der Waals surface area contributed by atoms with Gasteiger partial charge in [-0.15, -0.1) is 0 Å². The van der Waals surface area contributed by atoms with E-state index in [1.54, 1.807) is 23.5 Å². The standard InChI is InChI=1S/C18H22FNS/c19-17-5-3-14(4-6-17)11-16(12-20-18-7-8-18)2-1-15-9-10-21-13-15/h3-6,9-10,13,16,18,20H,1-2,7-8,11-12H2. The van der Waals surface area contributed by atoms with Crippen molar-refractivity contribution in [2.75, 3.05) is 6.54 Å². The van der Waals surface area contributed by atoms with Crippen molar-refractivity contribution < 1.29 is 4.39 Å². The molecule has 0 saturated heterocycles. The maximum Gasteiger partial charge on any atom is 0.123 e. The Bertz CT molecular complexity index is 531. The summed E-state index contributed by atoms with van der Waals surface area (Å²) in [6.45, 7) is 1.08. The van der Waals surface area contributed by atoms with Crippen LogP contribution in [0.3, 0.4) is 0 Å². The van der Waals surface area contributed by atoms with E-state index in [0.29, 0.717) is 5.92 Å². The summed E-state index contributed by atoms with van der Waals surface area (Å²) in [7, 11) is 0. The Morgan fingerprint density at radius 3 is 2.62 bits per heavy atom. The Hall–Kier alpha value is -1.19. The molecule has 1 fully saturated rings. The lowest BCUT2D eigenvalue weighted by atomic mass is 9.93. The molecule has 1 heterocycles. The van der Waals surface area contributed by atoms with Gasteiger partial charge in [-0.25, -0.2) is 4.39 Å². The van der Waals surface area contributed by atoms with Crippen molar-refractivity contribution in [3.05, 3.63) is 58.0 Å². The van der Waals surface area contributed by atoms with Gasteiger partial charge in [0.25, 0.3) is 0 Å². The fraction of sp³-hybridized carbons (Fsp3) is 0.444. The highest BCUT2D eigenvalue weighted by Crippen LogP contribution is 2.21. The van der Waals surface area contributed by atoms with E-state index in [4.69, 9.17) is 0 Å². The third kappa shape index (κ3) is 4.94. The molecule has 1 atom stereocenters. The molecule has 3 rings (SSSR count). The van der Waals surface area contributed by atoms with Crippen LogP contribution >= 0.6 is 11.3 Å². The van der Waals surface area contributed by atoms with E-state index in [1.165, 1.54) is 30.4 Å². The zero-order chi connectivity index (χ0) is 14.5. The molecule has 3 heteroatoms. The molecule has 0 spiro atoms. The molecule has 1 nitrogen and oxygen atoms in total. The van der Waals surface area contributed by atoms with Crippen LogP contribution < -0.4 is 5.32 Å². The number of hydrogen-bond donors (Lipinski definition) is 1. The highest BCUT2D eigenvalue weighted by Gasteiger charge is 2.22. The summed E-state index contributed by atoms with van der Waals surface area (Å²) in [6.07, 6.45) is 6.02. The summed E-state index contributed by atoms with van der Waals surface area (Å²) in [5.74, 6) is 0.473. The molecule has 112 valence electrons. The maximum atomic E-state index is 13.0. The monoisotopic (exact) mass is 303 g/mol.